The van der Waals surface area contributed by atoms with Gasteiger partial charge >= 0.3 is 0 Å². The topological polar surface area (TPSA) is 91.2 Å². The molecule has 1 N–H and O–H groups in total. The van der Waals surface area contributed by atoms with Crippen molar-refractivity contribution in [1.29, 1.82) is 0 Å². The number of rotatable bonds is 7. The number of imide groups is 1. The molecular formula is C26H22N4O3S. The zero-order valence-corrected chi connectivity index (χ0v) is 19.1. The van der Waals surface area contributed by atoms with Gasteiger partial charge in [0, 0.05) is 22.9 Å². The SMILES string of the molecule is O=C(Nc1ccc(SC2CC(=O)N(c3ccc(N=Nc4ccccc4)cc3)C2=O)cc1)C1CC1. The first-order valence-electron chi connectivity index (χ1n) is 11.1. The van der Waals surface area contributed by atoms with Crippen LogP contribution in [0.3, 0.4) is 0 Å². The Hall–Kier alpha value is -3.78. The van der Waals surface area contributed by atoms with Crippen molar-refractivity contribution in [2.45, 2.75) is 29.4 Å². The van der Waals surface area contributed by atoms with Crippen molar-refractivity contribution < 1.29 is 14.4 Å². The highest BCUT2D eigenvalue weighted by atomic mass is 32.2. The standard InChI is InChI=1S/C26H22N4O3S/c31-24-16-23(34-22-14-10-18(11-15-22)27-25(32)17-6-7-17)26(33)30(24)21-12-8-20(9-13-21)29-28-19-4-2-1-3-5-19/h1-5,8-15,17,23H,6-7,16H2,(H,27,32). The lowest BCUT2D eigenvalue weighted by Gasteiger charge is -2.15. The molecule has 170 valence electrons. The van der Waals surface area contributed by atoms with Crippen molar-refractivity contribution in [3.8, 4) is 0 Å². The summed E-state index contributed by atoms with van der Waals surface area (Å²) in [6.45, 7) is 0. The molecule has 3 amide bonds. The summed E-state index contributed by atoms with van der Waals surface area (Å²) in [5, 5.41) is 10.8. The summed E-state index contributed by atoms with van der Waals surface area (Å²) in [4.78, 5) is 39.6. The molecule has 1 atom stereocenters. The second kappa shape index (κ2) is 9.61. The van der Waals surface area contributed by atoms with E-state index >= 15 is 0 Å². The fraction of sp³-hybridized carbons (Fsp3) is 0.192. The fourth-order valence-corrected chi connectivity index (χ4v) is 4.67. The first-order chi connectivity index (χ1) is 16.6. The third kappa shape index (κ3) is 5.07. The normalized spacial score (nSPS) is 18.0. The van der Waals surface area contributed by atoms with Gasteiger partial charge in [-0.15, -0.1) is 11.8 Å². The van der Waals surface area contributed by atoms with Crippen LogP contribution in [0.5, 0.6) is 0 Å². The summed E-state index contributed by atoms with van der Waals surface area (Å²) in [5.74, 6) is -0.266. The molecule has 8 heteroatoms. The Bertz CT molecular complexity index is 1240. The number of carbonyl (C=O) groups excluding carboxylic acids is 3. The van der Waals surface area contributed by atoms with Crippen molar-refractivity contribution in [3.63, 3.8) is 0 Å². The molecule has 1 unspecified atom stereocenters. The summed E-state index contributed by atoms with van der Waals surface area (Å²) < 4.78 is 0. The van der Waals surface area contributed by atoms with Gasteiger partial charge in [0.1, 0.15) is 0 Å². The average Bonchev–Trinajstić information content (AvgIpc) is 3.67. The van der Waals surface area contributed by atoms with Crippen LogP contribution >= 0.6 is 11.8 Å². The largest absolute Gasteiger partial charge is 0.326 e. The summed E-state index contributed by atoms with van der Waals surface area (Å²) in [6, 6.07) is 23.6. The van der Waals surface area contributed by atoms with Crippen LogP contribution in [0.25, 0.3) is 0 Å². The Kier molecular flexibility index (Phi) is 6.22. The molecule has 3 aromatic rings. The molecule has 0 aromatic heterocycles. The Morgan fingerprint density at radius 1 is 0.853 bits per heavy atom. The molecule has 3 aromatic carbocycles. The number of azo groups is 1. The van der Waals surface area contributed by atoms with Gasteiger partial charge in [0.05, 0.1) is 22.3 Å². The fourth-order valence-electron chi connectivity index (χ4n) is 3.62. The van der Waals surface area contributed by atoms with E-state index in [4.69, 9.17) is 0 Å². The second-order valence-corrected chi connectivity index (χ2v) is 9.49. The Morgan fingerprint density at radius 2 is 1.50 bits per heavy atom. The molecule has 2 fully saturated rings. The molecule has 1 heterocycles. The molecule has 1 saturated heterocycles. The molecule has 7 nitrogen and oxygen atoms in total. The predicted molar refractivity (Wildman–Crippen MR) is 132 cm³/mol. The minimum atomic E-state index is -0.489. The van der Waals surface area contributed by atoms with Crippen LogP contribution in [0.4, 0.5) is 22.7 Å². The number of benzene rings is 3. The van der Waals surface area contributed by atoms with E-state index in [1.807, 2.05) is 54.6 Å². The smallest absolute Gasteiger partial charge is 0.247 e. The summed E-state index contributed by atoms with van der Waals surface area (Å²) in [6.07, 6.45) is 2.04. The van der Waals surface area contributed by atoms with Gasteiger partial charge in [-0.25, -0.2) is 4.90 Å². The highest BCUT2D eigenvalue weighted by Gasteiger charge is 2.40. The average molecular weight is 471 g/mol. The van der Waals surface area contributed by atoms with Gasteiger partial charge in [-0.2, -0.15) is 10.2 Å². The predicted octanol–water partition coefficient (Wildman–Crippen LogP) is 5.87. The summed E-state index contributed by atoms with van der Waals surface area (Å²) in [5.41, 5.74) is 2.64. The zero-order chi connectivity index (χ0) is 23.5. The maximum absolute atomic E-state index is 13.0. The monoisotopic (exact) mass is 470 g/mol. The maximum atomic E-state index is 13.0. The van der Waals surface area contributed by atoms with Crippen LogP contribution in [0.2, 0.25) is 0 Å². The van der Waals surface area contributed by atoms with E-state index < -0.39 is 5.25 Å². The van der Waals surface area contributed by atoms with Gasteiger partial charge < -0.3 is 5.32 Å². The van der Waals surface area contributed by atoms with Gasteiger partial charge in [-0.3, -0.25) is 14.4 Å². The number of thioether (sulfide) groups is 1. The Morgan fingerprint density at radius 3 is 2.15 bits per heavy atom. The van der Waals surface area contributed by atoms with E-state index in [0.29, 0.717) is 11.4 Å². The van der Waals surface area contributed by atoms with Crippen LogP contribution in [-0.4, -0.2) is 23.0 Å². The lowest BCUT2D eigenvalue weighted by molar-refractivity contribution is -0.121. The quantitative estimate of drug-likeness (QED) is 0.345. The number of anilines is 2. The highest BCUT2D eigenvalue weighted by Crippen LogP contribution is 2.35. The van der Waals surface area contributed by atoms with Gasteiger partial charge in [-0.1, -0.05) is 18.2 Å². The van der Waals surface area contributed by atoms with Gasteiger partial charge in [-0.05, 0) is 73.5 Å². The van der Waals surface area contributed by atoms with E-state index in [9.17, 15) is 14.4 Å². The molecule has 1 aliphatic heterocycles. The molecule has 2 aliphatic rings. The number of amides is 3. The number of hydrogen-bond acceptors (Lipinski definition) is 6. The molecule has 1 aliphatic carbocycles. The van der Waals surface area contributed by atoms with Crippen molar-refractivity contribution in [2.75, 3.05) is 10.2 Å². The number of hydrogen-bond donors (Lipinski definition) is 1. The second-order valence-electron chi connectivity index (χ2n) is 8.22. The van der Waals surface area contributed by atoms with E-state index in [1.165, 1.54) is 16.7 Å². The molecule has 5 rings (SSSR count). The van der Waals surface area contributed by atoms with Crippen molar-refractivity contribution >= 4 is 52.2 Å². The van der Waals surface area contributed by atoms with Crippen LogP contribution in [0.15, 0.2) is 94.0 Å². The molecular weight excluding hydrogens is 448 g/mol. The van der Waals surface area contributed by atoms with E-state index in [1.54, 1.807) is 24.3 Å². The first kappa shape index (κ1) is 22.0. The molecule has 1 saturated carbocycles. The number of carbonyl (C=O) groups is 3. The molecule has 34 heavy (non-hydrogen) atoms. The van der Waals surface area contributed by atoms with Crippen LogP contribution in [-0.2, 0) is 14.4 Å². The third-order valence-electron chi connectivity index (χ3n) is 5.60. The minimum Gasteiger partial charge on any atom is -0.326 e. The number of nitrogens with one attached hydrogen (secondary N) is 1. The molecule has 0 radical (unpaired) electrons. The van der Waals surface area contributed by atoms with Crippen LogP contribution in [0.1, 0.15) is 19.3 Å². The summed E-state index contributed by atoms with van der Waals surface area (Å²) in [7, 11) is 0. The maximum Gasteiger partial charge on any atom is 0.247 e. The first-order valence-corrected chi connectivity index (χ1v) is 12.0. The van der Waals surface area contributed by atoms with Gasteiger partial charge in [0.25, 0.3) is 0 Å². The van der Waals surface area contributed by atoms with E-state index in [-0.39, 0.29) is 30.1 Å². The van der Waals surface area contributed by atoms with Gasteiger partial charge in [0.2, 0.25) is 17.7 Å². The lowest BCUT2D eigenvalue weighted by Crippen LogP contribution is -2.30. The minimum absolute atomic E-state index is 0.0557. The van der Waals surface area contributed by atoms with Gasteiger partial charge in [0.15, 0.2) is 0 Å². The van der Waals surface area contributed by atoms with E-state index in [0.717, 1.165) is 29.1 Å². The van der Waals surface area contributed by atoms with E-state index in [2.05, 4.69) is 15.5 Å². The van der Waals surface area contributed by atoms with Crippen molar-refractivity contribution in [3.05, 3.63) is 78.9 Å². The van der Waals surface area contributed by atoms with Crippen molar-refractivity contribution in [1.82, 2.24) is 0 Å². The highest BCUT2D eigenvalue weighted by molar-refractivity contribution is 8.00. The Balaban J connectivity index is 1.21. The molecule has 0 spiro atoms. The van der Waals surface area contributed by atoms with Crippen molar-refractivity contribution in [2.24, 2.45) is 16.1 Å². The zero-order valence-electron chi connectivity index (χ0n) is 18.3. The van der Waals surface area contributed by atoms with Crippen LogP contribution < -0.4 is 10.2 Å². The lowest BCUT2D eigenvalue weighted by atomic mass is 10.2. The molecule has 0 bridgehead atoms. The van der Waals surface area contributed by atoms with Crippen LogP contribution in [0, 0.1) is 5.92 Å². The Labute approximate surface area is 201 Å². The summed E-state index contributed by atoms with van der Waals surface area (Å²) >= 11 is 1.36. The number of nitrogens with zero attached hydrogens (tertiary/aromatic N) is 3. The third-order valence-corrected chi connectivity index (χ3v) is 6.80.